The van der Waals surface area contributed by atoms with Gasteiger partial charge in [-0.25, -0.2) is 18.4 Å². The van der Waals surface area contributed by atoms with Crippen LogP contribution in [0.5, 0.6) is 0 Å². The first-order valence-electron chi connectivity index (χ1n) is 11.9. The molecular weight excluding hydrogens is 460 g/mol. The fraction of sp³-hybridized carbons (Fsp3) is 0.480. The second kappa shape index (κ2) is 8.66. The number of pyridine rings is 1. The number of carboxylic acids is 1. The van der Waals surface area contributed by atoms with Crippen LogP contribution in [-0.2, 0) is 4.74 Å². The number of amides is 1. The summed E-state index contributed by atoms with van der Waals surface area (Å²) in [6.45, 7) is 4.57. The second-order valence-corrected chi connectivity index (χ2v) is 9.60. The zero-order valence-electron chi connectivity index (χ0n) is 19.5. The molecule has 186 valence electrons. The normalized spacial score (nSPS) is 25.5. The third-order valence-corrected chi connectivity index (χ3v) is 7.33. The summed E-state index contributed by atoms with van der Waals surface area (Å²) < 4.78 is 37.9. The molecular formula is C25H27F2N3O5. The molecule has 1 aromatic heterocycles. The molecule has 0 bridgehead atoms. The molecule has 1 saturated carbocycles. The SMILES string of the molecule is CCOC(=O)NC1C(C)C=CC2CN(c3c(F)cc4c(=O)c(C(=O)O)cn(C5CC5)c4c3F)CC21. The number of fused-ring (bicyclic) bond motifs is 2. The number of hydrogen-bond acceptors (Lipinski definition) is 5. The van der Waals surface area contributed by atoms with Crippen molar-refractivity contribution in [3.63, 3.8) is 0 Å². The maximum absolute atomic E-state index is 16.0. The van der Waals surface area contributed by atoms with Crippen LogP contribution >= 0.6 is 0 Å². The van der Waals surface area contributed by atoms with Crippen LogP contribution in [0.4, 0.5) is 19.3 Å². The average Bonchev–Trinajstić information content (AvgIpc) is 3.55. The average molecular weight is 488 g/mol. The van der Waals surface area contributed by atoms with Crippen molar-refractivity contribution >= 4 is 28.7 Å². The molecule has 10 heteroatoms. The van der Waals surface area contributed by atoms with E-state index in [1.54, 1.807) is 11.8 Å². The van der Waals surface area contributed by atoms with Gasteiger partial charge in [0.25, 0.3) is 0 Å². The number of aromatic nitrogens is 1. The van der Waals surface area contributed by atoms with Crippen molar-refractivity contribution in [1.82, 2.24) is 9.88 Å². The van der Waals surface area contributed by atoms with Gasteiger partial charge in [0.05, 0.1) is 17.5 Å². The van der Waals surface area contributed by atoms with Crippen LogP contribution in [-0.4, -0.2) is 47.5 Å². The van der Waals surface area contributed by atoms with E-state index in [2.05, 4.69) is 5.32 Å². The molecule has 2 heterocycles. The van der Waals surface area contributed by atoms with E-state index in [0.29, 0.717) is 13.1 Å². The van der Waals surface area contributed by atoms with Crippen LogP contribution in [0, 0.1) is 29.4 Å². The Kier molecular flexibility index (Phi) is 5.77. The number of nitrogens with zero attached hydrogens (tertiary/aromatic N) is 2. The molecule has 4 unspecified atom stereocenters. The molecule has 0 radical (unpaired) electrons. The molecule has 0 spiro atoms. The zero-order valence-corrected chi connectivity index (χ0v) is 19.5. The number of hydrogen-bond donors (Lipinski definition) is 2. The molecule has 1 saturated heterocycles. The number of benzene rings is 1. The Morgan fingerprint density at radius 1 is 1.23 bits per heavy atom. The lowest BCUT2D eigenvalue weighted by Gasteiger charge is -2.34. The third-order valence-electron chi connectivity index (χ3n) is 7.33. The van der Waals surface area contributed by atoms with Gasteiger partial charge >= 0.3 is 12.1 Å². The van der Waals surface area contributed by atoms with E-state index in [1.807, 2.05) is 19.1 Å². The topological polar surface area (TPSA) is 101 Å². The van der Waals surface area contributed by atoms with Crippen molar-refractivity contribution in [1.29, 1.82) is 0 Å². The number of carbonyl (C=O) groups is 2. The van der Waals surface area contributed by atoms with Crippen LogP contribution in [0.3, 0.4) is 0 Å². The molecule has 2 fully saturated rings. The van der Waals surface area contributed by atoms with Gasteiger partial charge in [-0.3, -0.25) is 4.79 Å². The highest BCUT2D eigenvalue weighted by molar-refractivity contribution is 5.94. The molecule has 1 aliphatic heterocycles. The first-order chi connectivity index (χ1) is 16.7. The van der Waals surface area contributed by atoms with E-state index >= 15 is 8.78 Å². The molecule has 1 aromatic carbocycles. The highest BCUT2D eigenvalue weighted by Gasteiger charge is 2.43. The van der Waals surface area contributed by atoms with Gasteiger partial charge in [0.2, 0.25) is 5.43 Å². The summed E-state index contributed by atoms with van der Waals surface area (Å²) in [7, 11) is 0. The lowest BCUT2D eigenvalue weighted by atomic mass is 9.77. The Bertz CT molecular complexity index is 1300. The van der Waals surface area contributed by atoms with E-state index in [0.717, 1.165) is 18.9 Å². The fourth-order valence-electron chi connectivity index (χ4n) is 5.51. The Morgan fingerprint density at radius 3 is 2.63 bits per heavy atom. The molecule has 2 aromatic rings. The van der Waals surface area contributed by atoms with Crippen molar-refractivity contribution in [3.05, 3.63) is 51.8 Å². The molecule has 1 amide bonds. The smallest absolute Gasteiger partial charge is 0.407 e. The van der Waals surface area contributed by atoms with Crippen LogP contribution in [0.15, 0.2) is 29.2 Å². The fourth-order valence-corrected chi connectivity index (χ4v) is 5.51. The first kappa shape index (κ1) is 23.3. The first-order valence-corrected chi connectivity index (χ1v) is 11.9. The molecule has 3 aliphatic rings. The van der Waals surface area contributed by atoms with Gasteiger partial charge in [0.1, 0.15) is 17.1 Å². The quantitative estimate of drug-likeness (QED) is 0.624. The maximum Gasteiger partial charge on any atom is 0.407 e. The summed E-state index contributed by atoms with van der Waals surface area (Å²) in [6.07, 6.45) is 6.11. The Morgan fingerprint density at radius 2 is 1.97 bits per heavy atom. The van der Waals surface area contributed by atoms with Gasteiger partial charge < -0.3 is 24.6 Å². The summed E-state index contributed by atoms with van der Waals surface area (Å²) in [5, 5.41) is 12.0. The van der Waals surface area contributed by atoms with E-state index in [4.69, 9.17) is 4.74 Å². The van der Waals surface area contributed by atoms with Crippen molar-refractivity contribution in [2.75, 3.05) is 24.6 Å². The van der Waals surface area contributed by atoms with Crippen molar-refractivity contribution in [2.45, 2.75) is 38.8 Å². The zero-order chi connectivity index (χ0) is 25.0. The minimum absolute atomic E-state index is 0.0152. The maximum atomic E-state index is 16.0. The van der Waals surface area contributed by atoms with Crippen molar-refractivity contribution < 1.29 is 28.2 Å². The van der Waals surface area contributed by atoms with Gasteiger partial charge in [-0.05, 0) is 31.7 Å². The van der Waals surface area contributed by atoms with E-state index in [1.165, 1.54) is 10.8 Å². The number of carboxylic acid groups (broad SMARTS) is 1. The van der Waals surface area contributed by atoms with E-state index in [-0.39, 0.29) is 53.0 Å². The number of halogens is 2. The highest BCUT2D eigenvalue weighted by Crippen LogP contribution is 2.42. The summed E-state index contributed by atoms with van der Waals surface area (Å²) in [4.78, 5) is 38.0. The summed E-state index contributed by atoms with van der Waals surface area (Å²) >= 11 is 0. The summed E-state index contributed by atoms with van der Waals surface area (Å²) in [5.74, 6) is -3.32. The Hall–Kier alpha value is -3.43. The van der Waals surface area contributed by atoms with Crippen molar-refractivity contribution in [3.8, 4) is 0 Å². The monoisotopic (exact) mass is 487 g/mol. The van der Waals surface area contributed by atoms with Gasteiger partial charge in [-0.2, -0.15) is 0 Å². The molecule has 35 heavy (non-hydrogen) atoms. The Balaban J connectivity index is 1.56. The van der Waals surface area contributed by atoms with Crippen LogP contribution in [0.2, 0.25) is 0 Å². The highest BCUT2D eigenvalue weighted by atomic mass is 19.1. The van der Waals surface area contributed by atoms with Gasteiger partial charge in [0.15, 0.2) is 5.82 Å². The second-order valence-electron chi connectivity index (χ2n) is 9.60. The minimum Gasteiger partial charge on any atom is -0.477 e. The van der Waals surface area contributed by atoms with Gasteiger partial charge in [-0.15, -0.1) is 0 Å². The molecule has 8 nitrogen and oxygen atoms in total. The molecule has 2 aliphatic carbocycles. The third kappa shape index (κ3) is 3.94. The van der Waals surface area contributed by atoms with Gasteiger partial charge in [-0.1, -0.05) is 19.1 Å². The molecule has 5 rings (SSSR count). The number of anilines is 1. The Labute approximate surface area is 200 Å². The number of nitrogens with one attached hydrogen (secondary N) is 1. The van der Waals surface area contributed by atoms with Crippen molar-refractivity contribution in [2.24, 2.45) is 17.8 Å². The lowest BCUT2D eigenvalue weighted by Crippen LogP contribution is -2.48. The predicted octanol–water partition coefficient (Wildman–Crippen LogP) is 3.69. The predicted molar refractivity (Wildman–Crippen MR) is 125 cm³/mol. The summed E-state index contributed by atoms with van der Waals surface area (Å²) in [6, 6.07) is 0.562. The summed E-state index contributed by atoms with van der Waals surface area (Å²) in [5.41, 5.74) is -1.71. The van der Waals surface area contributed by atoms with E-state index < -0.39 is 34.7 Å². The number of ether oxygens (including phenoxy) is 1. The minimum atomic E-state index is -1.43. The standard InChI is InChI=1S/C25H27F2N3O5/c1-3-35-25(34)28-20-12(2)4-5-13-9-29(10-16(13)20)22-18(26)8-15-21(19(22)27)30(14-6-7-14)11-17(23(15)31)24(32)33/h4-5,8,11-14,16,20H,3,6-7,9-10H2,1-2H3,(H,28,34)(H,32,33). The lowest BCUT2D eigenvalue weighted by molar-refractivity contribution is 0.0694. The number of rotatable bonds is 5. The van der Waals surface area contributed by atoms with Crippen LogP contribution < -0.4 is 15.6 Å². The van der Waals surface area contributed by atoms with E-state index in [9.17, 15) is 19.5 Å². The molecule has 2 N–H and O–H groups in total. The van der Waals surface area contributed by atoms with Gasteiger partial charge in [0, 0.05) is 43.2 Å². The molecule has 4 atom stereocenters. The number of carbonyl (C=O) groups excluding carboxylic acids is 1. The largest absolute Gasteiger partial charge is 0.477 e. The van der Waals surface area contributed by atoms with Crippen LogP contribution in [0.25, 0.3) is 10.9 Å². The van der Waals surface area contributed by atoms with Crippen LogP contribution in [0.1, 0.15) is 43.1 Å². The number of aromatic carboxylic acids is 1. The number of alkyl carbamates (subject to hydrolysis) is 1.